The number of halogens is 1. The van der Waals surface area contributed by atoms with Crippen LogP contribution in [0.2, 0.25) is 5.02 Å². The normalized spacial score (nSPS) is 18.4. The first-order chi connectivity index (χ1) is 11.0. The van der Waals surface area contributed by atoms with Crippen molar-refractivity contribution in [2.45, 2.75) is 13.0 Å². The molecule has 0 N–H and O–H groups in total. The standard InChI is InChI=1S/C16H21ClN2O4/c1-12-9-19(14-5-3-13(17)4-6-14)15(20)10-18(12)16(21)11-23-8-7-22-2/h3-6,12H,7-11H2,1-2H3/t12-/m1/s1. The fraction of sp³-hybridized carbons (Fsp3) is 0.500. The minimum absolute atomic E-state index is 0.0398. The number of carbonyl (C=O) groups is 2. The lowest BCUT2D eigenvalue weighted by atomic mass is 10.1. The summed E-state index contributed by atoms with van der Waals surface area (Å²) in [5.74, 6) is -0.298. The van der Waals surface area contributed by atoms with Crippen molar-refractivity contribution < 1.29 is 19.1 Å². The van der Waals surface area contributed by atoms with Gasteiger partial charge in [-0.25, -0.2) is 0 Å². The van der Waals surface area contributed by atoms with Gasteiger partial charge in [0.1, 0.15) is 13.2 Å². The van der Waals surface area contributed by atoms with Crippen molar-refractivity contribution in [1.82, 2.24) is 4.90 Å². The third kappa shape index (κ3) is 4.67. The summed E-state index contributed by atoms with van der Waals surface area (Å²) in [7, 11) is 1.57. The molecule has 2 amide bonds. The maximum absolute atomic E-state index is 12.4. The molecule has 7 heteroatoms. The Kier molecular flexibility index (Phi) is 6.38. The van der Waals surface area contributed by atoms with E-state index in [1.54, 1.807) is 41.2 Å². The van der Waals surface area contributed by atoms with Gasteiger partial charge in [-0.15, -0.1) is 0 Å². The van der Waals surface area contributed by atoms with E-state index in [0.717, 1.165) is 5.69 Å². The highest BCUT2D eigenvalue weighted by atomic mass is 35.5. The molecule has 1 saturated heterocycles. The van der Waals surface area contributed by atoms with Crippen LogP contribution in [0.3, 0.4) is 0 Å². The van der Waals surface area contributed by atoms with Gasteiger partial charge in [-0.3, -0.25) is 9.59 Å². The minimum Gasteiger partial charge on any atom is -0.382 e. The van der Waals surface area contributed by atoms with E-state index in [2.05, 4.69) is 0 Å². The highest BCUT2D eigenvalue weighted by Crippen LogP contribution is 2.22. The Hall–Kier alpha value is -1.63. The zero-order chi connectivity index (χ0) is 16.8. The smallest absolute Gasteiger partial charge is 0.249 e. The maximum atomic E-state index is 12.4. The van der Waals surface area contributed by atoms with Crippen LogP contribution in [-0.4, -0.2) is 62.8 Å². The largest absolute Gasteiger partial charge is 0.382 e. The quantitative estimate of drug-likeness (QED) is 0.737. The number of benzene rings is 1. The Bertz CT molecular complexity index is 550. The van der Waals surface area contributed by atoms with Crippen LogP contribution in [0.25, 0.3) is 0 Å². The monoisotopic (exact) mass is 340 g/mol. The van der Waals surface area contributed by atoms with Crippen molar-refractivity contribution in [3.05, 3.63) is 29.3 Å². The number of nitrogens with zero attached hydrogens (tertiary/aromatic N) is 2. The molecule has 0 aliphatic carbocycles. The number of carbonyl (C=O) groups excluding carboxylic acids is 2. The summed E-state index contributed by atoms with van der Waals surface area (Å²) in [6.07, 6.45) is 0. The second kappa shape index (κ2) is 8.29. The predicted molar refractivity (Wildman–Crippen MR) is 87.7 cm³/mol. The summed E-state index contributed by atoms with van der Waals surface area (Å²) in [6.45, 7) is 3.17. The topological polar surface area (TPSA) is 59.1 Å². The third-order valence-electron chi connectivity index (χ3n) is 3.70. The number of piperazine rings is 1. The van der Waals surface area contributed by atoms with Crippen molar-refractivity contribution in [3.8, 4) is 0 Å². The van der Waals surface area contributed by atoms with Gasteiger partial charge >= 0.3 is 0 Å². The predicted octanol–water partition coefficient (Wildman–Crippen LogP) is 1.57. The van der Waals surface area contributed by atoms with Crippen molar-refractivity contribution >= 4 is 29.1 Å². The Morgan fingerprint density at radius 2 is 2.00 bits per heavy atom. The fourth-order valence-corrected chi connectivity index (χ4v) is 2.57. The average Bonchev–Trinajstić information content (AvgIpc) is 2.54. The maximum Gasteiger partial charge on any atom is 0.249 e. The van der Waals surface area contributed by atoms with Crippen molar-refractivity contribution in [2.75, 3.05) is 44.9 Å². The molecule has 1 aliphatic rings. The molecule has 1 fully saturated rings. The molecule has 23 heavy (non-hydrogen) atoms. The van der Waals surface area contributed by atoms with Crippen molar-refractivity contribution in [1.29, 1.82) is 0 Å². The lowest BCUT2D eigenvalue weighted by Gasteiger charge is -2.39. The molecule has 0 saturated carbocycles. The van der Waals surface area contributed by atoms with Crippen LogP contribution >= 0.6 is 11.6 Å². The zero-order valence-electron chi connectivity index (χ0n) is 13.3. The highest BCUT2D eigenvalue weighted by molar-refractivity contribution is 6.30. The minimum atomic E-state index is -0.183. The Balaban J connectivity index is 1.95. The van der Waals surface area contributed by atoms with Gasteiger partial charge < -0.3 is 19.3 Å². The number of amides is 2. The molecule has 1 aromatic carbocycles. The first kappa shape index (κ1) is 17.7. The molecular formula is C16H21ClN2O4. The second-order valence-corrected chi connectivity index (χ2v) is 5.83. The number of methoxy groups -OCH3 is 1. The number of ether oxygens (including phenoxy) is 2. The van der Waals surface area contributed by atoms with E-state index in [9.17, 15) is 9.59 Å². The molecule has 6 nitrogen and oxygen atoms in total. The molecule has 1 atom stereocenters. The van der Waals surface area contributed by atoms with E-state index in [0.29, 0.717) is 24.8 Å². The Morgan fingerprint density at radius 1 is 1.30 bits per heavy atom. The Labute approximate surface area is 140 Å². The van der Waals surface area contributed by atoms with E-state index in [1.165, 1.54) is 0 Å². The van der Waals surface area contributed by atoms with Crippen LogP contribution < -0.4 is 4.90 Å². The van der Waals surface area contributed by atoms with Gasteiger partial charge in [0.2, 0.25) is 11.8 Å². The highest BCUT2D eigenvalue weighted by Gasteiger charge is 2.33. The van der Waals surface area contributed by atoms with Gasteiger partial charge in [-0.2, -0.15) is 0 Å². The molecule has 126 valence electrons. The van der Waals surface area contributed by atoms with Crippen molar-refractivity contribution in [3.63, 3.8) is 0 Å². The van der Waals surface area contributed by atoms with Crippen LogP contribution in [0, 0.1) is 0 Å². The summed E-state index contributed by atoms with van der Waals surface area (Å²) in [5.41, 5.74) is 0.787. The molecular weight excluding hydrogens is 320 g/mol. The molecule has 1 heterocycles. The van der Waals surface area contributed by atoms with Gasteiger partial charge in [0.05, 0.1) is 13.2 Å². The molecule has 0 spiro atoms. The summed E-state index contributed by atoms with van der Waals surface area (Å²) >= 11 is 5.87. The zero-order valence-corrected chi connectivity index (χ0v) is 14.1. The lowest BCUT2D eigenvalue weighted by molar-refractivity contribution is -0.143. The average molecular weight is 341 g/mol. The van der Waals surface area contributed by atoms with Crippen LogP contribution in [0.4, 0.5) is 5.69 Å². The molecule has 0 bridgehead atoms. The third-order valence-corrected chi connectivity index (χ3v) is 3.95. The molecule has 1 aromatic rings. The SMILES string of the molecule is COCCOCC(=O)N1CC(=O)N(c2ccc(Cl)cc2)C[C@H]1C. The van der Waals surface area contributed by atoms with Crippen molar-refractivity contribution in [2.24, 2.45) is 0 Å². The van der Waals surface area contributed by atoms with Crippen LogP contribution in [0.5, 0.6) is 0 Å². The van der Waals surface area contributed by atoms with E-state index < -0.39 is 0 Å². The number of hydrogen-bond donors (Lipinski definition) is 0. The summed E-state index contributed by atoms with van der Waals surface area (Å²) < 4.78 is 10.1. The summed E-state index contributed by atoms with van der Waals surface area (Å²) in [6, 6.07) is 7.02. The molecule has 1 aliphatic heterocycles. The molecule has 0 unspecified atom stereocenters. The van der Waals surface area contributed by atoms with Crippen LogP contribution in [0.1, 0.15) is 6.92 Å². The second-order valence-electron chi connectivity index (χ2n) is 5.40. The van der Waals surface area contributed by atoms with E-state index in [4.69, 9.17) is 21.1 Å². The molecule has 0 aromatic heterocycles. The van der Waals surface area contributed by atoms with Gasteiger partial charge in [0, 0.05) is 30.4 Å². The number of anilines is 1. The van der Waals surface area contributed by atoms with Crippen LogP contribution in [0.15, 0.2) is 24.3 Å². The lowest BCUT2D eigenvalue weighted by Crippen LogP contribution is -2.57. The molecule has 0 radical (unpaired) electrons. The summed E-state index contributed by atoms with van der Waals surface area (Å²) in [4.78, 5) is 27.8. The Morgan fingerprint density at radius 3 is 2.65 bits per heavy atom. The van der Waals surface area contributed by atoms with E-state index >= 15 is 0 Å². The van der Waals surface area contributed by atoms with Gasteiger partial charge in [0.25, 0.3) is 0 Å². The fourth-order valence-electron chi connectivity index (χ4n) is 2.44. The number of hydrogen-bond acceptors (Lipinski definition) is 4. The first-order valence-electron chi connectivity index (χ1n) is 7.45. The van der Waals surface area contributed by atoms with Gasteiger partial charge in [-0.1, -0.05) is 11.6 Å². The van der Waals surface area contributed by atoms with E-state index in [-0.39, 0.29) is 31.0 Å². The summed E-state index contributed by atoms with van der Waals surface area (Å²) in [5, 5.41) is 0.622. The molecule has 2 rings (SSSR count). The first-order valence-corrected chi connectivity index (χ1v) is 7.83. The van der Waals surface area contributed by atoms with E-state index in [1.807, 2.05) is 6.92 Å². The van der Waals surface area contributed by atoms with Gasteiger partial charge in [0.15, 0.2) is 0 Å². The van der Waals surface area contributed by atoms with Crippen LogP contribution in [-0.2, 0) is 19.1 Å². The number of rotatable bonds is 6. The van der Waals surface area contributed by atoms with Gasteiger partial charge in [-0.05, 0) is 31.2 Å².